The number of benzene rings is 10. The van der Waals surface area contributed by atoms with E-state index in [1.807, 2.05) is 0 Å². The van der Waals surface area contributed by atoms with Crippen LogP contribution in [0.3, 0.4) is 0 Å². The quantitative estimate of drug-likeness (QED) is 0.143. The third kappa shape index (κ3) is 7.35. The van der Waals surface area contributed by atoms with Crippen molar-refractivity contribution in [1.29, 1.82) is 0 Å². The van der Waals surface area contributed by atoms with Crippen LogP contribution in [0.15, 0.2) is 205 Å². The van der Waals surface area contributed by atoms with Gasteiger partial charge in [-0.05, 0) is 113 Å². The van der Waals surface area contributed by atoms with Gasteiger partial charge < -0.3 is 10.4 Å². The van der Waals surface area contributed by atoms with E-state index in [0.717, 1.165) is 80.6 Å². The third-order valence-corrected chi connectivity index (χ3v) is 13.2. The predicted molar refractivity (Wildman–Crippen MR) is 267 cm³/mol. The molecule has 1 saturated carbocycles. The summed E-state index contributed by atoms with van der Waals surface area (Å²) in [5, 5.41) is 25.8. The minimum atomic E-state index is 0.107. The van der Waals surface area contributed by atoms with Gasteiger partial charge in [0, 0.05) is 35.5 Å². The number of hydrogen-bond acceptors (Lipinski definition) is 3. The molecule has 1 fully saturated rings. The molecule has 0 aliphatic heterocycles. The van der Waals surface area contributed by atoms with Crippen LogP contribution in [-0.4, -0.2) is 23.4 Å². The second-order valence-corrected chi connectivity index (χ2v) is 17.0. The molecule has 0 heterocycles. The van der Waals surface area contributed by atoms with E-state index < -0.39 is 0 Å². The summed E-state index contributed by atoms with van der Waals surface area (Å²) in [6.45, 7) is 0.537. The van der Waals surface area contributed by atoms with Crippen LogP contribution in [0.5, 0.6) is 5.75 Å². The fourth-order valence-corrected chi connectivity index (χ4v) is 10.2. The van der Waals surface area contributed by atoms with Crippen molar-refractivity contribution >= 4 is 49.3 Å². The molecule has 1 aliphatic rings. The highest BCUT2D eigenvalue weighted by molar-refractivity contribution is 6.14. The van der Waals surface area contributed by atoms with Crippen molar-refractivity contribution in [1.82, 2.24) is 5.32 Å². The Morgan fingerprint density at radius 2 is 0.968 bits per heavy atom. The first-order valence-electron chi connectivity index (χ1n) is 22.4. The standard InChI is InChI=1S/C60H48N2O/c63-60-47(37-46-24-10-14-28-51(46)59(60)58-50-27-13-8-22-44(50)32-34-53(58)42-19-5-2-6-20-42)39-62-56-30-16-15-29-55(56)61-38-40-35-45-23-9-11-25-48(45)54(36-40)57-49-26-12-7-21-43(49)31-33-52(57)41-17-3-1-4-18-41/h1-14,17-28,31-38,55-56,62-63H,15-16,29-30,39H2/b61-38+/t55?,56-/m1/s1. The van der Waals surface area contributed by atoms with Crippen LogP contribution in [-0.2, 0) is 6.54 Å². The number of hydrogen-bond donors (Lipinski definition) is 2. The number of aliphatic imine (C=N–C) groups is 1. The lowest BCUT2D eigenvalue weighted by Gasteiger charge is -2.30. The largest absolute Gasteiger partial charge is 0.507 e. The van der Waals surface area contributed by atoms with Gasteiger partial charge in [-0.2, -0.15) is 0 Å². The molecule has 1 aliphatic carbocycles. The van der Waals surface area contributed by atoms with E-state index in [0.29, 0.717) is 12.3 Å². The van der Waals surface area contributed by atoms with Crippen LogP contribution in [0.1, 0.15) is 36.8 Å². The van der Waals surface area contributed by atoms with Gasteiger partial charge >= 0.3 is 0 Å². The van der Waals surface area contributed by atoms with Crippen molar-refractivity contribution in [3.63, 3.8) is 0 Å². The zero-order chi connectivity index (χ0) is 42.1. The average Bonchev–Trinajstić information content (AvgIpc) is 3.35. The summed E-state index contributed by atoms with van der Waals surface area (Å²) in [5.41, 5.74) is 11.1. The maximum atomic E-state index is 12.5. The number of phenolic OH excluding ortho intramolecular Hbond substituents is 1. The van der Waals surface area contributed by atoms with Gasteiger partial charge in [0.1, 0.15) is 5.75 Å². The van der Waals surface area contributed by atoms with Gasteiger partial charge in [0.2, 0.25) is 0 Å². The molecule has 0 radical (unpaired) electrons. The van der Waals surface area contributed by atoms with Gasteiger partial charge in [0.05, 0.1) is 6.04 Å². The Balaban J connectivity index is 0.956. The molecule has 10 aromatic rings. The molecular formula is C60H48N2O. The van der Waals surface area contributed by atoms with Gasteiger partial charge in [0.25, 0.3) is 0 Å². The van der Waals surface area contributed by atoms with E-state index in [9.17, 15) is 5.11 Å². The Bertz CT molecular complexity index is 3320. The fraction of sp³-hybridized carbons (Fsp3) is 0.117. The zero-order valence-electron chi connectivity index (χ0n) is 35.2. The lowest BCUT2D eigenvalue weighted by molar-refractivity contribution is 0.327. The molecule has 0 bridgehead atoms. The Labute approximate surface area is 369 Å². The second-order valence-electron chi connectivity index (χ2n) is 17.0. The van der Waals surface area contributed by atoms with Crippen molar-refractivity contribution in [2.75, 3.05) is 0 Å². The van der Waals surface area contributed by atoms with E-state index in [-0.39, 0.29) is 12.1 Å². The minimum absolute atomic E-state index is 0.107. The summed E-state index contributed by atoms with van der Waals surface area (Å²) < 4.78 is 0. The van der Waals surface area contributed by atoms with Crippen LogP contribution in [0.2, 0.25) is 0 Å². The molecule has 1 unspecified atom stereocenters. The summed E-state index contributed by atoms with van der Waals surface area (Å²) in [4.78, 5) is 5.40. The normalized spacial score (nSPS) is 15.5. The summed E-state index contributed by atoms with van der Waals surface area (Å²) in [6, 6.07) is 71.8. The lowest BCUT2D eigenvalue weighted by atomic mass is 9.85. The van der Waals surface area contributed by atoms with E-state index in [1.54, 1.807) is 0 Å². The minimum Gasteiger partial charge on any atom is -0.507 e. The molecule has 63 heavy (non-hydrogen) atoms. The van der Waals surface area contributed by atoms with Crippen molar-refractivity contribution in [2.45, 2.75) is 44.3 Å². The van der Waals surface area contributed by atoms with Crippen LogP contribution in [0.25, 0.3) is 87.6 Å². The number of nitrogens with one attached hydrogen (secondary N) is 1. The SMILES string of the molecule is Oc1c(CN[C@@H]2CCCCC2/N=C/c2cc(-c3c(-c4ccccc4)ccc4ccccc34)c3ccccc3c2)cc2ccccc2c1-c1c(-c2ccccc2)ccc2ccccc12. The first-order valence-corrected chi connectivity index (χ1v) is 22.4. The van der Waals surface area contributed by atoms with Crippen LogP contribution >= 0.6 is 0 Å². The molecule has 0 spiro atoms. The van der Waals surface area contributed by atoms with Crippen molar-refractivity contribution < 1.29 is 5.11 Å². The molecule has 304 valence electrons. The highest BCUT2D eigenvalue weighted by Gasteiger charge is 2.26. The summed E-state index contributed by atoms with van der Waals surface area (Å²) >= 11 is 0. The average molecular weight is 813 g/mol. The molecule has 0 amide bonds. The Kier molecular flexibility index (Phi) is 10.3. The second kappa shape index (κ2) is 16.9. The molecular weight excluding hydrogens is 765 g/mol. The molecule has 10 aromatic carbocycles. The molecule has 0 saturated heterocycles. The molecule has 0 aromatic heterocycles. The van der Waals surface area contributed by atoms with Crippen molar-refractivity contribution in [3.8, 4) is 50.3 Å². The summed E-state index contributed by atoms with van der Waals surface area (Å²) in [6.07, 6.45) is 6.46. The number of phenols is 1. The predicted octanol–water partition coefficient (Wildman–Crippen LogP) is 15.2. The first kappa shape index (κ1) is 38.6. The maximum Gasteiger partial charge on any atom is 0.128 e. The number of fused-ring (bicyclic) bond motifs is 4. The summed E-state index contributed by atoms with van der Waals surface area (Å²) in [5.74, 6) is 0.331. The van der Waals surface area contributed by atoms with Crippen LogP contribution < -0.4 is 5.32 Å². The monoisotopic (exact) mass is 812 g/mol. The Morgan fingerprint density at radius 3 is 1.62 bits per heavy atom. The van der Waals surface area contributed by atoms with Gasteiger partial charge in [-0.25, -0.2) is 0 Å². The third-order valence-electron chi connectivity index (χ3n) is 13.2. The molecule has 3 heteroatoms. The smallest absolute Gasteiger partial charge is 0.128 e. The molecule has 2 atom stereocenters. The van der Waals surface area contributed by atoms with Crippen molar-refractivity contribution in [3.05, 3.63) is 211 Å². The molecule has 2 N–H and O–H groups in total. The van der Waals surface area contributed by atoms with E-state index in [4.69, 9.17) is 4.99 Å². The number of rotatable bonds is 9. The van der Waals surface area contributed by atoms with Gasteiger partial charge in [-0.3, -0.25) is 4.99 Å². The van der Waals surface area contributed by atoms with Gasteiger partial charge in [-0.1, -0.05) is 195 Å². The Morgan fingerprint density at radius 1 is 0.460 bits per heavy atom. The highest BCUT2D eigenvalue weighted by Crippen LogP contribution is 2.47. The molecule has 11 rings (SSSR count). The summed E-state index contributed by atoms with van der Waals surface area (Å²) in [7, 11) is 0. The fourth-order valence-electron chi connectivity index (χ4n) is 10.2. The Hall–Kier alpha value is -7.33. The highest BCUT2D eigenvalue weighted by atomic mass is 16.3. The van der Waals surface area contributed by atoms with E-state index >= 15 is 0 Å². The maximum absolute atomic E-state index is 12.5. The number of nitrogens with zero attached hydrogens (tertiary/aromatic N) is 1. The topological polar surface area (TPSA) is 44.6 Å². The molecule has 3 nitrogen and oxygen atoms in total. The van der Waals surface area contributed by atoms with Crippen LogP contribution in [0, 0.1) is 0 Å². The van der Waals surface area contributed by atoms with E-state index in [1.165, 1.54) is 43.8 Å². The zero-order valence-corrected chi connectivity index (χ0v) is 35.2. The van der Waals surface area contributed by atoms with Gasteiger partial charge in [0.15, 0.2) is 0 Å². The number of aromatic hydroxyl groups is 1. The van der Waals surface area contributed by atoms with Gasteiger partial charge in [-0.15, -0.1) is 0 Å². The van der Waals surface area contributed by atoms with Crippen LogP contribution in [0.4, 0.5) is 0 Å². The lowest BCUT2D eigenvalue weighted by Crippen LogP contribution is -2.40. The van der Waals surface area contributed by atoms with Crippen molar-refractivity contribution in [2.24, 2.45) is 4.99 Å². The first-order chi connectivity index (χ1) is 31.2. The van der Waals surface area contributed by atoms with E-state index in [2.05, 4.69) is 212 Å².